The molecule has 23 heavy (non-hydrogen) atoms. The number of para-hydroxylation sites is 2. The summed E-state index contributed by atoms with van der Waals surface area (Å²) in [4.78, 5) is 19.2. The molecule has 4 rings (SSSR count). The molecule has 1 aromatic carbocycles. The highest BCUT2D eigenvalue weighted by Crippen LogP contribution is 2.64. The topological polar surface area (TPSA) is 46.3 Å². The van der Waals surface area contributed by atoms with Gasteiger partial charge >= 0.3 is 0 Å². The number of hydrogen-bond acceptors (Lipinski definition) is 3. The van der Waals surface area contributed by atoms with Crippen LogP contribution in [0.25, 0.3) is 11.1 Å². The van der Waals surface area contributed by atoms with Crippen LogP contribution >= 0.6 is 23.2 Å². The fourth-order valence-electron chi connectivity index (χ4n) is 3.41. The van der Waals surface area contributed by atoms with Crippen LogP contribution in [0.3, 0.4) is 0 Å². The van der Waals surface area contributed by atoms with Gasteiger partial charge in [-0.25, -0.2) is 4.98 Å². The molecule has 0 bridgehead atoms. The van der Waals surface area contributed by atoms with E-state index in [9.17, 15) is 4.79 Å². The molecular weight excluding hydrogens is 335 g/mol. The van der Waals surface area contributed by atoms with Crippen molar-refractivity contribution in [1.29, 1.82) is 0 Å². The highest BCUT2D eigenvalue weighted by molar-refractivity contribution is 6.53. The SMILES string of the molecule is C[C@]1(C(=O)N2CCC[C@@H](c3nc4ccccc4o3)C2)CC1(Cl)Cl. The molecule has 1 saturated heterocycles. The second-order valence-corrected chi connectivity index (χ2v) is 8.31. The van der Waals surface area contributed by atoms with Crippen LogP contribution < -0.4 is 0 Å². The number of piperidine rings is 1. The lowest BCUT2D eigenvalue weighted by atomic mass is 9.96. The third kappa shape index (κ3) is 2.43. The Bertz CT molecular complexity index is 740. The maximum Gasteiger partial charge on any atom is 0.231 e. The zero-order valence-corrected chi connectivity index (χ0v) is 14.4. The van der Waals surface area contributed by atoms with E-state index in [4.69, 9.17) is 27.6 Å². The van der Waals surface area contributed by atoms with Gasteiger partial charge in [0.2, 0.25) is 5.91 Å². The maximum absolute atomic E-state index is 12.8. The lowest BCUT2D eigenvalue weighted by molar-refractivity contribution is -0.137. The Morgan fingerprint density at radius 2 is 2.13 bits per heavy atom. The zero-order valence-electron chi connectivity index (χ0n) is 12.9. The van der Waals surface area contributed by atoms with Gasteiger partial charge in [-0.2, -0.15) is 0 Å². The van der Waals surface area contributed by atoms with Gasteiger partial charge in [-0.15, -0.1) is 23.2 Å². The summed E-state index contributed by atoms with van der Waals surface area (Å²) in [5, 5.41) is 0. The molecule has 2 heterocycles. The number of carbonyl (C=O) groups is 1. The number of alkyl halides is 2. The summed E-state index contributed by atoms with van der Waals surface area (Å²) in [6.45, 7) is 3.21. The summed E-state index contributed by atoms with van der Waals surface area (Å²) in [6, 6.07) is 7.73. The van der Waals surface area contributed by atoms with Crippen molar-refractivity contribution in [2.75, 3.05) is 13.1 Å². The van der Waals surface area contributed by atoms with Crippen LogP contribution in [0.1, 0.15) is 38.0 Å². The number of oxazole rings is 1. The molecule has 0 spiro atoms. The van der Waals surface area contributed by atoms with Crippen molar-refractivity contribution in [2.45, 2.75) is 36.4 Å². The second kappa shape index (κ2) is 5.12. The van der Waals surface area contributed by atoms with E-state index in [0.717, 1.165) is 30.5 Å². The first kappa shape index (κ1) is 15.3. The van der Waals surface area contributed by atoms with Gasteiger partial charge in [0, 0.05) is 13.1 Å². The summed E-state index contributed by atoms with van der Waals surface area (Å²) in [6.07, 6.45) is 2.43. The Hall–Kier alpha value is -1.26. The van der Waals surface area contributed by atoms with Crippen LogP contribution in [0.5, 0.6) is 0 Å². The molecule has 1 amide bonds. The lowest BCUT2D eigenvalue weighted by Crippen LogP contribution is -2.43. The molecule has 0 unspecified atom stereocenters. The third-order valence-electron chi connectivity index (χ3n) is 5.10. The smallest absolute Gasteiger partial charge is 0.231 e. The fourth-order valence-corrected chi connectivity index (χ4v) is 4.10. The number of fused-ring (bicyclic) bond motifs is 1. The highest BCUT2D eigenvalue weighted by atomic mass is 35.5. The van der Waals surface area contributed by atoms with Crippen molar-refractivity contribution in [3.05, 3.63) is 30.2 Å². The average molecular weight is 353 g/mol. The first-order valence-corrected chi connectivity index (χ1v) is 8.69. The Morgan fingerprint density at radius 3 is 2.83 bits per heavy atom. The largest absolute Gasteiger partial charge is 0.440 e. The lowest BCUT2D eigenvalue weighted by Gasteiger charge is -2.33. The van der Waals surface area contributed by atoms with E-state index in [1.54, 1.807) is 0 Å². The molecule has 0 radical (unpaired) electrons. The minimum Gasteiger partial charge on any atom is -0.440 e. The van der Waals surface area contributed by atoms with E-state index in [2.05, 4.69) is 4.98 Å². The number of benzene rings is 1. The summed E-state index contributed by atoms with van der Waals surface area (Å²) >= 11 is 12.3. The molecule has 1 aliphatic heterocycles. The van der Waals surface area contributed by atoms with Crippen molar-refractivity contribution >= 4 is 40.2 Å². The molecule has 6 heteroatoms. The first-order chi connectivity index (χ1) is 10.9. The normalized spacial score (nSPS) is 29.7. The number of likely N-dealkylation sites (tertiary alicyclic amines) is 1. The van der Waals surface area contributed by atoms with E-state index in [-0.39, 0.29) is 11.8 Å². The van der Waals surface area contributed by atoms with Crippen molar-refractivity contribution in [3.63, 3.8) is 0 Å². The quantitative estimate of drug-likeness (QED) is 0.763. The predicted octanol–water partition coefficient (Wildman–Crippen LogP) is 4.12. The highest BCUT2D eigenvalue weighted by Gasteiger charge is 2.68. The molecule has 1 saturated carbocycles. The number of halogens is 2. The van der Waals surface area contributed by atoms with Gasteiger partial charge in [0.1, 0.15) is 9.85 Å². The molecule has 0 N–H and O–H groups in total. The third-order valence-corrected chi connectivity index (χ3v) is 6.20. The standard InChI is InChI=1S/C17H18Cl2N2O2/c1-16(10-17(16,18)19)15(22)21-8-4-5-11(9-21)14-20-12-6-2-3-7-13(12)23-14/h2-3,6-7,11H,4-5,8-10H2,1H3/t11-,16-/m1/s1. The maximum atomic E-state index is 12.8. The van der Waals surface area contributed by atoms with Crippen LogP contribution in [-0.2, 0) is 4.79 Å². The minimum atomic E-state index is -0.922. The number of nitrogens with zero attached hydrogens (tertiary/aromatic N) is 2. The number of hydrogen-bond donors (Lipinski definition) is 0. The van der Waals surface area contributed by atoms with Crippen LogP contribution in [-0.4, -0.2) is 33.2 Å². The molecule has 1 aromatic heterocycles. The molecule has 2 aliphatic rings. The van der Waals surface area contributed by atoms with Gasteiger partial charge in [-0.1, -0.05) is 12.1 Å². The summed E-state index contributed by atoms with van der Waals surface area (Å²) in [7, 11) is 0. The number of amides is 1. The van der Waals surface area contributed by atoms with E-state index < -0.39 is 9.75 Å². The van der Waals surface area contributed by atoms with Gasteiger partial charge in [0.15, 0.2) is 11.5 Å². The summed E-state index contributed by atoms with van der Waals surface area (Å²) in [5.74, 6) is 0.887. The number of rotatable bonds is 2. The zero-order chi connectivity index (χ0) is 16.2. The molecule has 2 fully saturated rings. The van der Waals surface area contributed by atoms with E-state index in [1.165, 1.54) is 0 Å². The van der Waals surface area contributed by atoms with Crippen LogP contribution in [0.4, 0.5) is 0 Å². The summed E-state index contributed by atoms with van der Waals surface area (Å²) < 4.78 is 4.95. The monoisotopic (exact) mass is 352 g/mol. The predicted molar refractivity (Wildman–Crippen MR) is 89.7 cm³/mol. The Morgan fingerprint density at radius 1 is 1.39 bits per heavy atom. The van der Waals surface area contributed by atoms with Crippen LogP contribution in [0.2, 0.25) is 0 Å². The van der Waals surface area contributed by atoms with Crippen LogP contribution in [0.15, 0.2) is 28.7 Å². The van der Waals surface area contributed by atoms with Gasteiger partial charge in [-0.05, 0) is 38.3 Å². The molecule has 2 aromatic rings. The minimum absolute atomic E-state index is 0.0447. The van der Waals surface area contributed by atoms with E-state index in [1.807, 2.05) is 36.1 Å². The number of aromatic nitrogens is 1. The van der Waals surface area contributed by atoms with Crippen molar-refractivity contribution < 1.29 is 9.21 Å². The molecular formula is C17H18Cl2N2O2. The van der Waals surface area contributed by atoms with Crippen LogP contribution in [0, 0.1) is 5.41 Å². The van der Waals surface area contributed by atoms with E-state index >= 15 is 0 Å². The molecule has 4 nitrogen and oxygen atoms in total. The van der Waals surface area contributed by atoms with Gasteiger partial charge in [0.25, 0.3) is 0 Å². The van der Waals surface area contributed by atoms with Crippen molar-refractivity contribution in [1.82, 2.24) is 9.88 Å². The van der Waals surface area contributed by atoms with E-state index in [0.29, 0.717) is 18.9 Å². The van der Waals surface area contributed by atoms with Crippen molar-refractivity contribution in [3.8, 4) is 0 Å². The molecule has 2 atom stereocenters. The summed E-state index contributed by atoms with van der Waals surface area (Å²) in [5.41, 5.74) is 1.00. The number of carbonyl (C=O) groups excluding carboxylic acids is 1. The average Bonchev–Trinajstić information content (AvgIpc) is 2.89. The first-order valence-electron chi connectivity index (χ1n) is 7.93. The van der Waals surface area contributed by atoms with Gasteiger partial charge < -0.3 is 9.32 Å². The van der Waals surface area contributed by atoms with Crippen molar-refractivity contribution in [2.24, 2.45) is 5.41 Å². The molecule has 122 valence electrons. The van der Waals surface area contributed by atoms with Gasteiger partial charge in [-0.3, -0.25) is 4.79 Å². The Labute approximate surface area is 144 Å². The molecule has 1 aliphatic carbocycles. The fraction of sp³-hybridized carbons (Fsp3) is 0.529. The second-order valence-electron chi connectivity index (χ2n) is 6.82. The van der Waals surface area contributed by atoms with Gasteiger partial charge in [0.05, 0.1) is 11.3 Å². The Kier molecular flexibility index (Phi) is 3.40. The Balaban J connectivity index is 1.54.